The van der Waals surface area contributed by atoms with Gasteiger partial charge in [-0.3, -0.25) is 4.90 Å². The number of benzene rings is 1. The first-order valence-electron chi connectivity index (χ1n) is 7.29. The van der Waals surface area contributed by atoms with Gasteiger partial charge < -0.3 is 15.2 Å². The largest absolute Gasteiger partial charge is 0.503 e. The van der Waals surface area contributed by atoms with Crippen LogP contribution in [0.15, 0.2) is 15.0 Å². The van der Waals surface area contributed by atoms with Gasteiger partial charge in [0.05, 0.1) is 11.6 Å². The third-order valence-electron chi connectivity index (χ3n) is 3.91. The van der Waals surface area contributed by atoms with E-state index in [0.717, 1.165) is 43.5 Å². The summed E-state index contributed by atoms with van der Waals surface area (Å²) in [6.07, 6.45) is 2.20. The normalized spacial score (nSPS) is 16.2. The van der Waals surface area contributed by atoms with Crippen molar-refractivity contribution in [1.82, 2.24) is 10.2 Å². The van der Waals surface area contributed by atoms with Gasteiger partial charge in [-0.15, -0.1) is 24.8 Å². The van der Waals surface area contributed by atoms with Crippen LogP contribution < -0.4 is 10.1 Å². The summed E-state index contributed by atoms with van der Waals surface area (Å²) in [5.74, 6) is 0.653. The van der Waals surface area contributed by atoms with E-state index in [-0.39, 0.29) is 30.6 Å². The molecule has 1 aromatic rings. The van der Waals surface area contributed by atoms with Crippen LogP contribution in [0.2, 0.25) is 0 Å². The number of phenolic OH excluding ortho intramolecular Hbond substituents is 1. The summed E-state index contributed by atoms with van der Waals surface area (Å²) in [7, 11) is 1.58. The number of rotatable bonds is 5. The highest BCUT2D eigenvalue weighted by Gasteiger charge is 2.26. The van der Waals surface area contributed by atoms with Crippen molar-refractivity contribution in [2.24, 2.45) is 0 Å². The van der Waals surface area contributed by atoms with Crippen LogP contribution in [-0.2, 0) is 0 Å². The van der Waals surface area contributed by atoms with Crippen molar-refractivity contribution in [3.8, 4) is 11.5 Å². The average Bonchev–Trinajstić information content (AvgIpc) is 2.52. The number of hydrogen-bond acceptors (Lipinski definition) is 4. The summed E-state index contributed by atoms with van der Waals surface area (Å²) in [5.41, 5.74) is 1.17. The SMILES string of the molecule is CCC[C@H](c1cc(OC)c(O)c(Br)c1Br)N1CCNCC1.Cl.Cl. The van der Waals surface area contributed by atoms with E-state index in [4.69, 9.17) is 4.74 Å². The highest BCUT2D eigenvalue weighted by molar-refractivity contribution is 9.13. The molecule has 8 heteroatoms. The Morgan fingerprint density at radius 3 is 2.39 bits per heavy atom. The Labute approximate surface area is 167 Å². The molecule has 0 bridgehead atoms. The fraction of sp³-hybridized carbons (Fsp3) is 0.600. The second-order valence-corrected chi connectivity index (χ2v) is 6.82. The van der Waals surface area contributed by atoms with E-state index in [1.807, 2.05) is 6.07 Å². The van der Waals surface area contributed by atoms with Gasteiger partial charge in [0, 0.05) is 36.7 Å². The highest BCUT2D eigenvalue weighted by atomic mass is 79.9. The molecule has 1 aromatic carbocycles. The summed E-state index contributed by atoms with van der Waals surface area (Å²) in [5, 5.41) is 13.5. The number of halogens is 4. The maximum Gasteiger partial charge on any atom is 0.173 e. The van der Waals surface area contributed by atoms with Crippen LogP contribution in [0.4, 0.5) is 0 Å². The topological polar surface area (TPSA) is 44.7 Å². The van der Waals surface area contributed by atoms with E-state index in [9.17, 15) is 5.11 Å². The molecule has 0 aliphatic carbocycles. The van der Waals surface area contributed by atoms with E-state index in [0.29, 0.717) is 16.3 Å². The minimum atomic E-state index is 0. The number of piperazine rings is 1. The van der Waals surface area contributed by atoms with Crippen LogP contribution in [0.1, 0.15) is 31.4 Å². The van der Waals surface area contributed by atoms with Gasteiger partial charge in [0.15, 0.2) is 11.5 Å². The Morgan fingerprint density at radius 1 is 1.26 bits per heavy atom. The first-order chi connectivity index (χ1) is 10.1. The molecule has 0 spiro atoms. The van der Waals surface area contributed by atoms with Gasteiger partial charge in [-0.05, 0) is 49.9 Å². The minimum Gasteiger partial charge on any atom is -0.503 e. The number of methoxy groups -OCH3 is 1. The van der Waals surface area contributed by atoms with E-state index >= 15 is 0 Å². The molecule has 2 rings (SSSR count). The van der Waals surface area contributed by atoms with Crippen LogP contribution in [0.5, 0.6) is 11.5 Å². The fourth-order valence-electron chi connectivity index (χ4n) is 2.81. The molecule has 0 saturated carbocycles. The van der Waals surface area contributed by atoms with Crippen molar-refractivity contribution in [1.29, 1.82) is 0 Å². The molecule has 1 atom stereocenters. The van der Waals surface area contributed by atoms with Gasteiger partial charge in [0.1, 0.15) is 0 Å². The van der Waals surface area contributed by atoms with Crippen LogP contribution >= 0.6 is 56.7 Å². The molecule has 0 amide bonds. The Morgan fingerprint density at radius 2 is 1.87 bits per heavy atom. The number of hydrogen-bond donors (Lipinski definition) is 2. The quantitative estimate of drug-likeness (QED) is 0.632. The van der Waals surface area contributed by atoms with E-state index in [2.05, 4.69) is 49.0 Å². The molecule has 134 valence electrons. The van der Waals surface area contributed by atoms with E-state index in [1.54, 1.807) is 7.11 Å². The Kier molecular flexibility index (Phi) is 11.1. The molecule has 0 radical (unpaired) electrons. The molecular weight excluding hydrogens is 471 g/mol. The van der Waals surface area contributed by atoms with Crippen molar-refractivity contribution >= 4 is 56.7 Å². The number of ether oxygens (including phenoxy) is 1. The molecule has 1 saturated heterocycles. The summed E-state index contributed by atoms with van der Waals surface area (Å²) in [4.78, 5) is 2.50. The predicted molar refractivity (Wildman–Crippen MR) is 107 cm³/mol. The maximum absolute atomic E-state index is 10.1. The van der Waals surface area contributed by atoms with Gasteiger partial charge in [-0.1, -0.05) is 13.3 Å². The van der Waals surface area contributed by atoms with E-state index < -0.39 is 0 Å². The molecule has 2 N–H and O–H groups in total. The Hall–Kier alpha value is 0.280. The van der Waals surface area contributed by atoms with Crippen LogP contribution in [0.25, 0.3) is 0 Å². The van der Waals surface area contributed by atoms with Gasteiger partial charge in [-0.2, -0.15) is 0 Å². The van der Waals surface area contributed by atoms with Gasteiger partial charge in [0.2, 0.25) is 0 Å². The van der Waals surface area contributed by atoms with Crippen LogP contribution in [0.3, 0.4) is 0 Å². The predicted octanol–water partition coefficient (Wildman–Crippen LogP) is 4.52. The smallest absolute Gasteiger partial charge is 0.173 e. The maximum atomic E-state index is 10.1. The molecule has 1 aliphatic rings. The lowest BCUT2D eigenvalue weighted by Crippen LogP contribution is -2.45. The third-order valence-corrected chi connectivity index (χ3v) is 6.07. The molecule has 0 unspecified atom stereocenters. The molecule has 23 heavy (non-hydrogen) atoms. The minimum absolute atomic E-state index is 0. The standard InChI is InChI=1S/C15H22Br2N2O2.2ClH/c1-3-4-11(19-7-5-18-6-8-19)10-9-12(21-2)15(20)14(17)13(10)16;;/h9,11,18,20H,3-8H2,1-2H3;2*1H/t11-;;/m1../s1. The zero-order valence-corrected chi connectivity index (χ0v) is 18.1. The van der Waals surface area contributed by atoms with Gasteiger partial charge in [0.25, 0.3) is 0 Å². The third kappa shape index (κ3) is 5.38. The lowest BCUT2D eigenvalue weighted by atomic mass is 9.99. The fourth-order valence-corrected chi connectivity index (χ4v) is 3.80. The Balaban J connectivity index is 0.00000242. The zero-order valence-electron chi connectivity index (χ0n) is 13.3. The van der Waals surface area contributed by atoms with Crippen molar-refractivity contribution in [3.63, 3.8) is 0 Å². The lowest BCUT2D eigenvalue weighted by Gasteiger charge is -2.36. The van der Waals surface area contributed by atoms with Crippen molar-refractivity contribution < 1.29 is 9.84 Å². The molecule has 1 fully saturated rings. The summed E-state index contributed by atoms with van der Waals surface area (Å²) in [6.45, 7) is 6.33. The van der Waals surface area contributed by atoms with Gasteiger partial charge >= 0.3 is 0 Å². The second kappa shape index (κ2) is 11.0. The summed E-state index contributed by atoms with van der Waals surface area (Å²) >= 11 is 7.08. The van der Waals surface area contributed by atoms with Crippen molar-refractivity contribution in [3.05, 3.63) is 20.6 Å². The monoisotopic (exact) mass is 492 g/mol. The molecular formula is C15H24Br2Cl2N2O2. The first-order valence-corrected chi connectivity index (χ1v) is 8.88. The Bertz CT molecular complexity index is 501. The van der Waals surface area contributed by atoms with Crippen molar-refractivity contribution in [2.75, 3.05) is 33.3 Å². The number of aromatic hydroxyl groups is 1. The summed E-state index contributed by atoms with van der Waals surface area (Å²) < 4.78 is 6.88. The molecule has 0 aromatic heterocycles. The number of nitrogens with one attached hydrogen (secondary N) is 1. The molecule has 4 nitrogen and oxygen atoms in total. The molecule has 1 aliphatic heterocycles. The second-order valence-electron chi connectivity index (χ2n) is 5.24. The number of nitrogens with zero attached hydrogens (tertiary/aromatic N) is 1. The molecule has 1 heterocycles. The van der Waals surface area contributed by atoms with Gasteiger partial charge in [-0.25, -0.2) is 0 Å². The zero-order chi connectivity index (χ0) is 15.4. The highest BCUT2D eigenvalue weighted by Crippen LogP contribution is 2.45. The summed E-state index contributed by atoms with van der Waals surface area (Å²) in [6, 6.07) is 2.28. The van der Waals surface area contributed by atoms with E-state index in [1.165, 1.54) is 5.56 Å². The van der Waals surface area contributed by atoms with Crippen LogP contribution in [0, 0.1) is 0 Å². The lowest BCUT2D eigenvalue weighted by molar-refractivity contribution is 0.163. The van der Waals surface area contributed by atoms with Crippen LogP contribution in [-0.4, -0.2) is 43.3 Å². The average molecular weight is 495 g/mol. The van der Waals surface area contributed by atoms with Crippen molar-refractivity contribution in [2.45, 2.75) is 25.8 Å². The number of phenols is 1. The first kappa shape index (κ1) is 23.3.